The number of fused-ring (bicyclic) bond motifs is 1. The minimum Gasteiger partial charge on any atom is -0.457 e. The van der Waals surface area contributed by atoms with Crippen LogP contribution in [0.2, 0.25) is 0 Å². The number of carbonyl (C=O) groups is 2. The Morgan fingerprint density at radius 2 is 1.86 bits per heavy atom. The molecule has 0 aliphatic carbocycles. The van der Waals surface area contributed by atoms with Gasteiger partial charge in [0.1, 0.15) is 6.61 Å². The first kappa shape index (κ1) is 19.5. The molecule has 7 heteroatoms. The van der Waals surface area contributed by atoms with Crippen LogP contribution in [0.15, 0.2) is 52.1 Å². The monoisotopic (exact) mass is 457 g/mol. The van der Waals surface area contributed by atoms with Gasteiger partial charge in [-0.15, -0.1) is 0 Å². The zero-order valence-corrected chi connectivity index (χ0v) is 17.7. The van der Waals surface area contributed by atoms with E-state index < -0.39 is 11.9 Å². The van der Waals surface area contributed by atoms with E-state index >= 15 is 0 Å². The molecule has 0 radical (unpaired) electrons. The molecule has 0 fully saturated rings. The summed E-state index contributed by atoms with van der Waals surface area (Å²) in [5.41, 5.74) is 3.77. The van der Waals surface area contributed by atoms with E-state index in [1.54, 1.807) is 13.0 Å². The molecule has 2 aromatic carbocycles. The Balaban J connectivity index is 1.62. The molecule has 0 unspecified atom stereocenters. The maximum atomic E-state index is 13.0. The Kier molecular flexibility index (Phi) is 5.32. The number of hydrogen-bond donors (Lipinski definition) is 1. The Hall–Kier alpha value is -2.80. The number of benzene rings is 2. The summed E-state index contributed by atoms with van der Waals surface area (Å²) >= 11 is 3.54. The van der Waals surface area contributed by atoms with Crippen LogP contribution in [0, 0.1) is 6.92 Å². The molecular weight excluding hydrogens is 438 g/mol. The van der Waals surface area contributed by atoms with Crippen LogP contribution in [-0.4, -0.2) is 18.7 Å². The van der Waals surface area contributed by atoms with Gasteiger partial charge in [0.25, 0.3) is 0 Å². The number of amides is 1. The van der Waals surface area contributed by atoms with Gasteiger partial charge in [-0.3, -0.25) is 4.79 Å². The van der Waals surface area contributed by atoms with Gasteiger partial charge < -0.3 is 19.5 Å². The summed E-state index contributed by atoms with van der Waals surface area (Å²) in [4.78, 5) is 25.2. The second-order valence-electron chi connectivity index (χ2n) is 7.13. The van der Waals surface area contributed by atoms with Crippen LogP contribution in [0.1, 0.15) is 36.0 Å². The molecule has 2 aliphatic heterocycles. The third-order valence-corrected chi connectivity index (χ3v) is 5.73. The molecule has 4 rings (SSSR count). The van der Waals surface area contributed by atoms with Gasteiger partial charge in [-0.1, -0.05) is 45.8 Å². The van der Waals surface area contributed by atoms with E-state index in [0.717, 1.165) is 21.2 Å². The van der Waals surface area contributed by atoms with Crippen molar-refractivity contribution in [3.05, 3.63) is 68.8 Å². The van der Waals surface area contributed by atoms with Crippen molar-refractivity contribution in [3.63, 3.8) is 0 Å². The highest BCUT2D eigenvalue weighted by Crippen LogP contribution is 2.43. The van der Waals surface area contributed by atoms with Gasteiger partial charge in [-0.2, -0.15) is 0 Å². The number of nitrogens with one attached hydrogen (secondary N) is 1. The first-order chi connectivity index (χ1) is 13.9. The van der Waals surface area contributed by atoms with Crippen LogP contribution in [0.25, 0.3) is 0 Å². The lowest BCUT2D eigenvalue weighted by Gasteiger charge is -2.27. The largest absolute Gasteiger partial charge is 0.457 e. The van der Waals surface area contributed by atoms with Crippen molar-refractivity contribution in [2.75, 3.05) is 6.79 Å². The van der Waals surface area contributed by atoms with Gasteiger partial charge in [0.2, 0.25) is 12.7 Å². The van der Waals surface area contributed by atoms with Crippen molar-refractivity contribution >= 4 is 27.8 Å². The number of allylic oxidation sites excluding steroid dienone is 1. The highest BCUT2D eigenvalue weighted by molar-refractivity contribution is 9.10. The molecule has 29 heavy (non-hydrogen) atoms. The fourth-order valence-electron chi connectivity index (χ4n) is 3.55. The molecule has 1 atom stereocenters. The summed E-state index contributed by atoms with van der Waals surface area (Å²) in [6, 6.07) is 11.4. The van der Waals surface area contributed by atoms with E-state index in [0.29, 0.717) is 22.8 Å². The van der Waals surface area contributed by atoms with Crippen LogP contribution < -0.4 is 14.8 Å². The van der Waals surface area contributed by atoms with Crippen molar-refractivity contribution in [3.8, 4) is 11.5 Å². The van der Waals surface area contributed by atoms with Crippen molar-refractivity contribution in [2.24, 2.45) is 0 Å². The van der Waals surface area contributed by atoms with Crippen LogP contribution in [0.3, 0.4) is 0 Å². The average Bonchev–Trinajstić information content (AvgIpc) is 3.13. The normalized spacial score (nSPS) is 17.9. The maximum Gasteiger partial charge on any atom is 0.336 e. The molecule has 2 heterocycles. The van der Waals surface area contributed by atoms with E-state index in [2.05, 4.69) is 21.2 Å². The highest BCUT2D eigenvalue weighted by Gasteiger charge is 2.35. The second kappa shape index (κ2) is 7.91. The molecule has 0 spiro atoms. The van der Waals surface area contributed by atoms with E-state index in [1.165, 1.54) is 0 Å². The van der Waals surface area contributed by atoms with E-state index in [1.807, 2.05) is 37.3 Å². The Labute approximate surface area is 177 Å². The van der Waals surface area contributed by atoms with Crippen LogP contribution >= 0.6 is 15.9 Å². The van der Waals surface area contributed by atoms with Crippen molar-refractivity contribution in [1.29, 1.82) is 0 Å². The topological polar surface area (TPSA) is 73.9 Å². The third-order valence-electron chi connectivity index (χ3n) is 5.05. The molecule has 0 aromatic heterocycles. The number of carbonyl (C=O) groups excluding carboxylic acids is 2. The fourth-order valence-corrected chi connectivity index (χ4v) is 4.15. The summed E-state index contributed by atoms with van der Waals surface area (Å²) in [6.45, 7) is 4.03. The maximum absolute atomic E-state index is 13.0. The molecule has 150 valence electrons. The molecular formula is C22H20BrNO5. The lowest BCUT2D eigenvalue weighted by molar-refractivity contribution is -0.141. The van der Waals surface area contributed by atoms with Gasteiger partial charge in [0.05, 0.1) is 5.57 Å². The lowest BCUT2D eigenvalue weighted by atomic mass is 9.84. The predicted octanol–water partition coefficient (Wildman–Crippen LogP) is 4.11. The summed E-state index contributed by atoms with van der Waals surface area (Å²) in [5, 5.41) is 2.76. The van der Waals surface area contributed by atoms with E-state index in [9.17, 15) is 9.59 Å². The fraction of sp³-hybridized carbons (Fsp3) is 0.273. The van der Waals surface area contributed by atoms with Gasteiger partial charge in [0, 0.05) is 22.5 Å². The summed E-state index contributed by atoms with van der Waals surface area (Å²) in [6.07, 6.45) is 0.143. The Morgan fingerprint density at radius 1 is 1.17 bits per heavy atom. The predicted molar refractivity (Wildman–Crippen MR) is 109 cm³/mol. The smallest absolute Gasteiger partial charge is 0.336 e. The first-order valence-electron chi connectivity index (χ1n) is 9.24. The van der Waals surface area contributed by atoms with Crippen LogP contribution in [0.5, 0.6) is 11.5 Å². The quantitative estimate of drug-likeness (QED) is 0.699. The minimum absolute atomic E-state index is 0.143. The zero-order valence-electron chi connectivity index (χ0n) is 16.1. The molecule has 1 amide bonds. The second-order valence-corrected chi connectivity index (χ2v) is 7.99. The Morgan fingerprint density at radius 3 is 2.59 bits per heavy atom. The van der Waals surface area contributed by atoms with Crippen molar-refractivity contribution < 1.29 is 23.8 Å². The highest BCUT2D eigenvalue weighted by atomic mass is 79.9. The molecule has 1 N–H and O–H groups in total. The number of ether oxygens (including phenoxy) is 3. The van der Waals surface area contributed by atoms with Crippen LogP contribution in [-0.2, 0) is 20.9 Å². The SMILES string of the molecule is CC1=C(C(=O)OCc2ccc(C)cc2)[C@@H](c2cc3c(cc2Br)OCO3)CC(=O)N1. The van der Waals surface area contributed by atoms with Gasteiger partial charge >= 0.3 is 5.97 Å². The number of halogens is 1. The van der Waals surface area contributed by atoms with Crippen molar-refractivity contribution in [2.45, 2.75) is 32.8 Å². The zero-order chi connectivity index (χ0) is 20.5. The van der Waals surface area contributed by atoms with Gasteiger partial charge in [0.15, 0.2) is 11.5 Å². The molecule has 0 bridgehead atoms. The molecule has 0 saturated carbocycles. The Bertz CT molecular complexity index is 1010. The summed E-state index contributed by atoms with van der Waals surface area (Å²) < 4.78 is 17.2. The minimum atomic E-state index is -0.447. The molecule has 6 nitrogen and oxygen atoms in total. The number of rotatable bonds is 4. The standard InChI is InChI=1S/C22H20BrNO5/c1-12-3-5-14(6-4-12)10-27-22(26)21-13(2)24-20(25)8-16(21)15-7-18-19(9-17(15)23)29-11-28-18/h3-7,9,16H,8,10-11H2,1-2H3,(H,24,25)/t16-/m1/s1. The average molecular weight is 458 g/mol. The summed E-state index contributed by atoms with van der Waals surface area (Å²) in [5.74, 6) is 0.187. The molecule has 2 aromatic rings. The third kappa shape index (κ3) is 4.00. The summed E-state index contributed by atoms with van der Waals surface area (Å²) in [7, 11) is 0. The number of hydrogen-bond acceptors (Lipinski definition) is 5. The van der Waals surface area contributed by atoms with E-state index in [-0.39, 0.29) is 25.7 Å². The van der Waals surface area contributed by atoms with E-state index in [4.69, 9.17) is 14.2 Å². The molecule has 2 aliphatic rings. The van der Waals surface area contributed by atoms with Gasteiger partial charge in [-0.05, 0) is 37.1 Å². The lowest BCUT2D eigenvalue weighted by Crippen LogP contribution is -2.34. The molecule has 0 saturated heterocycles. The number of aryl methyl sites for hydroxylation is 1. The van der Waals surface area contributed by atoms with Crippen LogP contribution in [0.4, 0.5) is 0 Å². The number of esters is 1. The van der Waals surface area contributed by atoms with Crippen molar-refractivity contribution in [1.82, 2.24) is 5.32 Å². The van der Waals surface area contributed by atoms with Gasteiger partial charge in [-0.25, -0.2) is 4.79 Å². The first-order valence-corrected chi connectivity index (χ1v) is 10.0.